The molecule has 2 aliphatic carbocycles. The van der Waals surface area contributed by atoms with Crippen LogP contribution in [0.2, 0.25) is 0 Å². The monoisotopic (exact) mass is 527 g/mol. The molecule has 0 nitrogen and oxygen atoms in total. The van der Waals surface area contributed by atoms with Crippen molar-refractivity contribution in [2.75, 3.05) is 0 Å². The Balaban J connectivity index is 1.67. The molecule has 1 atom stereocenters. The van der Waals surface area contributed by atoms with Crippen LogP contribution in [0.5, 0.6) is 0 Å². The minimum absolute atomic E-state index is 0.495. The normalized spacial score (nSPS) is 15.4. The van der Waals surface area contributed by atoms with Crippen molar-refractivity contribution in [2.45, 2.75) is 30.8 Å². The van der Waals surface area contributed by atoms with Crippen molar-refractivity contribution in [3.05, 3.63) is 148 Å². The number of hydrogen-bond donors (Lipinski definition) is 0. The first-order valence-corrected chi connectivity index (χ1v) is 15.1. The molecule has 1 unspecified atom stereocenters. The summed E-state index contributed by atoms with van der Waals surface area (Å²) in [6, 6.07) is 31.7. The molecule has 4 aromatic carbocycles. The fourth-order valence-corrected chi connectivity index (χ4v) is 10.2. The Morgan fingerprint density at radius 3 is 2.06 bits per heavy atom. The summed E-state index contributed by atoms with van der Waals surface area (Å²) in [5, 5.41) is 0. The van der Waals surface area contributed by atoms with E-state index in [0.29, 0.717) is 3.63 Å². The van der Waals surface area contributed by atoms with Crippen molar-refractivity contribution in [3.63, 3.8) is 0 Å². The molecule has 1 heteroatoms. The van der Waals surface area contributed by atoms with Gasteiger partial charge in [-0.1, -0.05) is 0 Å². The zero-order valence-electron chi connectivity index (χ0n) is 20.6. The van der Waals surface area contributed by atoms with Gasteiger partial charge >= 0.3 is 221 Å². The summed E-state index contributed by atoms with van der Waals surface area (Å²) in [7, 11) is 0. The van der Waals surface area contributed by atoms with E-state index in [1.807, 2.05) is 0 Å². The number of fused-ring (bicyclic) bond motifs is 3. The van der Waals surface area contributed by atoms with Gasteiger partial charge in [-0.2, -0.15) is 0 Å². The zero-order chi connectivity index (χ0) is 23.9. The van der Waals surface area contributed by atoms with Crippen molar-refractivity contribution in [2.24, 2.45) is 0 Å². The van der Waals surface area contributed by atoms with Crippen LogP contribution in [-0.2, 0) is 22.8 Å². The molecule has 0 bridgehead atoms. The van der Waals surface area contributed by atoms with Crippen molar-refractivity contribution in [3.8, 4) is 11.1 Å². The van der Waals surface area contributed by atoms with E-state index in [4.69, 9.17) is 0 Å². The Morgan fingerprint density at radius 1 is 0.743 bits per heavy atom. The topological polar surface area (TPSA) is 0 Å². The molecule has 6 rings (SSSR count). The maximum absolute atomic E-state index is 2.48. The van der Waals surface area contributed by atoms with Crippen LogP contribution in [-0.4, -0.2) is 3.21 Å². The van der Waals surface area contributed by atoms with Crippen molar-refractivity contribution in [1.82, 2.24) is 0 Å². The number of aryl methyl sites for hydroxylation is 2. The molecule has 0 saturated carbocycles. The van der Waals surface area contributed by atoms with E-state index in [2.05, 4.69) is 124 Å². The molecule has 0 spiro atoms. The number of benzene rings is 4. The molecule has 0 amide bonds. The van der Waals surface area contributed by atoms with E-state index in [0.717, 1.165) is 6.42 Å². The third-order valence-corrected chi connectivity index (χ3v) is 11.9. The Morgan fingerprint density at radius 2 is 1.43 bits per heavy atom. The van der Waals surface area contributed by atoms with Crippen LogP contribution in [0.4, 0.5) is 0 Å². The van der Waals surface area contributed by atoms with Gasteiger partial charge in [0.15, 0.2) is 0 Å². The molecule has 0 aromatic heterocycles. The molecule has 0 N–H and O–H groups in total. The van der Waals surface area contributed by atoms with E-state index in [-0.39, 0.29) is 0 Å². The number of allylic oxidation sites excluding steroid dienone is 4. The molecule has 2 aliphatic rings. The van der Waals surface area contributed by atoms with Gasteiger partial charge < -0.3 is 0 Å². The maximum atomic E-state index is 2.48. The molecule has 0 radical (unpaired) electrons. The third kappa shape index (κ3) is 3.91. The molecule has 0 fully saturated rings. The molecular weight excluding hydrogens is 500 g/mol. The number of hydrogen-bond acceptors (Lipinski definition) is 0. The molecule has 0 heterocycles. The van der Waals surface area contributed by atoms with Crippen molar-refractivity contribution < 1.29 is 22.8 Å². The van der Waals surface area contributed by atoms with Gasteiger partial charge in [0, 0.05) is 0 Å². The van der Waals surface area contributed by atoms with Gasteiger partial charge in [-0.05, 0) is 0 Å². The predicted octanol–water partition coefficient (Wildman–Crippen LogP) is 8.38. The SMILES string of the molecule is Cc1cc2c(c(C3=CC=CC3)c1C)[CH]([Zr]=[C](c1ccccc1)c1ccccc1)c1cccc(C)c1-2. The van der Waals surface area contributed by atoms with Crippen LogP contribution in [0, 0.1) is 20.8 Å². The van der Waals surface area contributed by atoms with E-state index >= 15 is 0 Å². The van der Waals surface area contributed by atoms with Gasteiger partial charge in [-0.3, -0.25) is 0 Å². The summed E-state index contributed by atoms with van der Waals surface area (Å²) in [5.41, 5.74) is 16.2. The Hall–Kier alpha value is -2.89. The second kappa shape index (κ2) is 9.29. The van der Waals surface area contributed by atoms with Crippen LogP contribution in [0.15, 0.2) is 103 Å². The second-order valence-electron chi connectivity index (χ2n) is 9.70. The first-order valence-electron chi connectivity index (χ1n) is 12.5. The van der Waals surface area contributed by atoms with Crippen molar-refractivity contribution >= 4 is 8.78 Å². The van der Waals surface area contributed by atoms with Crippen LogP contribution in [0.25, 0.3) is 16.7 Å². The fourth-order valence-electron chi connectivity index (χ4n) is 5.78. The van der Waals surface area contributed by atoms with Gasteiger partial charge in [0.1, 0.15) is 0 Å². The van der Waals surface area contributed by atoms with E-state index < -0.39 is 22.8 Å². The predicted molar refractivity (Wildman–Crippen MR) is 146 cm³/mol. The Labute approximate surface area is 220 Å². The molecule has 0 aliphatic heterocycles. The standard InChI is InChI=1S/C21H19.C13H10.Zr/c1-13-7-6-10-17-12-19-18(20(13)17)11-14(2)15(3)21(19)16-8-4-5-9-16;1-3-7-12(8-4-1)11-13-9-5-2-6-10-13;/h4-8,10-12H,9H2,1-3H3;1-10H;. The quantitative estimate of drug-likeness (QED) is 0.250. The van der Waals surface area contributed by atoms with E-state index in [1.165, 1.54) is 50.1 Å². The fraction of sp³-hybridized carbons (Fsp3) is 0.147. The number of rotatable bonds is 4. The van der Waals surface area contributed by atoms with Gasteiger partial charge in [0.2, 0.25) is 0 Å². The van der Waals surface area contributed by atoms with Gasteiger partial charge in [0.25, 0.3) is 0 Å². The zero-order valence-corrected chi connectivity index (χ0v) is 23.1. The third-order valence-electron chi connectivity index (χ3n) is 7.57. The summed E-state index contributed by atoms with van der Waals surface area (Å²) in [4.78, 5) is 0. The van der Waals surface area contributed by atoms with E-state index in [9.17, 15) is 0 Å². The summed E-state index contributed by atoms with van der Waals surface area (Å²) in [6.45, 7) is 6.92. The Bertz CT molecular complexity index is 1480. The van der Waals surface area contributed by atoms with Gasteiger partial charge in [-0.25, -0.2) is 0 Å². The first kappa shape index (κ1) is 22.6. The average Bonchev–Trinajstić information content (AvgIpc) is 3.52. The molecule has 35 heavy (non-hydrogen) atoms. The van der Waals surface area contributed by atoms with E-state index in [1.54, 1.807) is 14.3 Å². The Kier molecular flexibility index (Phi) is 5.99. The van der Waals surface area contributed by atoms with Gasteiger partial charge in [0.05, 0.1) is 0 Å². The molecular formula is C34H29Zr. The minimum atomic E-state index is -1.12. The first-order chi connectivity index (χ1) is 17.1. The molecule has 0 saturated heterocycles. The molecule has 4 aromatic rings. The van der Waals surface area contributed by atoms with Crippen LogP contribution in [0.3, 0.4) is 0 Å². The summed E-state index contributed by atoms with van der Waals surface area (Å²) in [5.74, 6) is 0. The average molecular weight is 529 g/mol. The second-order valence-corrected chi connectivity index (χ2v) is 13.1. The van der Waals surface area contributed by atoms with Crippen LogP contribution < -0.4 is 0 Å². The summed E-state index contributed by atoms with van der Waals surface area (Å²) < 4.78 is 2.08. The van der Waals surface area contributed by atoms with Crippen LogP contribution in [0.1, 0.15) is 54.6 Å². The summed E-state index contributed by atoms with van der Waals surface area (Å²) in [6.07, 6.45) is 7.92. The molecule has 169 valence electrons. The van der Waals surface area contributed by atoms with Gasteiger partial charge in [-0.15, -0.1) is 0 Å². The summed E-state index contributed by atoms with van der Waals surface area (Å²) >= 11 is -1.12. The van der Waals surface area contributed by atoms with Crippen LogP contribution >= 0.6 is 0 Å². The van der Waals surface area contributed by atoms with Crippen molar-refractivity contribution in [1.29, 1.82) is 0 Å².